The summed E-state index contributed by atoms with van der Waals surface area (Å²) in [6, 6.07) is 0.808. The topological polar surface area (TPSA) is 29.5 Å². The van der Waals surface area contributed by atoms with Gasteiger partial charge in [-0.3, -0.25) is 9.63 Å². The predicted molar refractivity (Wildman–Crippen MR) is 48.4 cm³/mol. The first kappa shape index (κ1) is 12.0. The lowest BCUT2D eigenvalue weighted by molar-refractivity contribution is -0.137. The van der Waals surface area contributed by atoms with E-state index in [1.165, 1.54) is 14.2 Å². The van der Waals surface area contributed by atoms with Crippen LogP contribution in [-0.4, -0.2) is 25.1 Å². The van der Waals surface area contributed by atoms with Crippen LogP contribution in [-0.2, 0) is 11.0 Å². The highest BCUT2D eigenvalue weighted by atomic mass is 32.1. The third-order valence-electron chi connectivity index (χ3n) is 1.70. The van der Waals surface area contributed by atoms with Crippen molar-refractivity contribution in [1.82, 2.24) is 5.06 Å². The zero-order valence-corrected chi connectivity index (χ0v) is 8.78. The Hall–Kier alpha value is -1.08. The van der Waals surface area contributed by atoms with Gasteiger partial charge in [-0.1, -0.05) is 0 Å². The third kappa shape index (κ3) is 2.69. The maximum atomic E-state index is 12.2. The molecule has 0 aliphatic carbocycles. The third-order valence-corrected chi connectivity index (χ3v) is 2.62. The molecule has 7 heteroatoms. The number of thiophene rings is 1. The molecule has 0 bridgehead atoms. The molecule has 15 heavy (non-hydrogen) atoms. The standard InChI is InChI=1S/C8H8F3NO2S/c1-12(14-2)7(13)6-3-5(4-15-6)8(9,10)11/h3-4H,1-2H3. The van der Waals surface area contributed by atoms with Crippen molar-refractivity contribution in [1.29, 1.82) is 0 Å². The molecule has 1 aromatic heterocycles. The van der Waals surface area contributed by atoms with Crippen LogP contribution in [0.5, 0.6) is 0 Å². The fourth-order valence-electron chi connectivity index (χ4n) is 0.835. The molecular formula is C8H8F3NO2S. The number of hydroxylamine groups is 2. The molecule has 0 spiro atoms. The van der Waals surface area contributed by atoms with Crippen LogP contribution in [0.25, 0.3) is 0 Å². The number of hydrogen-bond donors (Lipinski definition) is 0. The average molecular weight is 239 g/mol. The van der Waals surface area contributed by atoms with Gasteiger partial charge < -0.3 is 0 Å². The summed E-state index contributed by atoms with van der Waals surface area (Å²) in [5.74, 6) is -0.599. The Balaban J connectivity index is 2.90. The summed E-state index contributed by atoms with van der Waals surface area (Å²) in [6.07, 6.45) is -4.42. The average Bonchev–Trinajstić information content (AvgIpc) is 2.63. The molecule has 84 valence electrons. The van der Waals surface area contributed by atoms with Crippen molar-refractivity contribution in [2.45, 2.75) is 6.18 Å². The summed E-state index contributed by atoms with van der Waals surface area (Å²) in [5.41, 5.74) is -0.819. The molecule has 1 rings (SSSR count). The second kappa shape index (κ2) is 4.19. The van der Waals surface area contributed by atoms with Gasteiger partial charge in [-0.25, -0.2) is 5.06 Å². The zero-order valence-electron chi connectivity index (χ0n) is 7.96. The van der Waals surface area contributed by atoms with Crippen LogP contribution < -0.4 is 0 Å². The molecule has 1 amide bonds. The maximum Gasteiger partial charge on any atom is 0.417 e. The highest BCUT2D eigenvalue weighted by Crippen LogP contribution is 2.32. The normalized spacial score (nSPS) is 11.5. The molecule has 0 N–H and O–H groups in total. The molecule has 1 heterocycles. The van der Waals surface area contributed by atoms with E-state index in [1.54, 1.807) is 0 Å². The largest absolute Gasteiger partial charge is 0.417 e. The number of nitrogens with zero attached hydrogens (tertiary/aromatic N) is 1. The van der Waals surface area contributed by atoms with E-state index < -0.39 is 17.6 Å². The highest BCUT2D eigenvalue weighted by Gasteiger charge is 2.32. The van der Waals surface area contributed by atoms with Gasteiger partial charge in [0.05, 0.1) is 17.6 Å². The number of rotatable bonds is 2. The number of halogens is 3. The molecule has 0 saturated heterocycles. The van der Waals surface area contributed by atoms with E-state index in [0.29, 0.717) is 0 Å². The van der Waals surface area contributed by atoms with Crippen molar-refractivity contribution in [2.24, 2.45) is 0 Å². The van der Waals surface area contributed by atoms with E-state index in [9.17, 15) is 18.0 Å². The Bertz CT molecular complexity index is 361. The first-order chi connectivity index (χ1) is 6.86. The molecule has 0 fully saturated rings. The van der Waals surface area contributed by atoms with E-state index in [4.69, 9.17) is 0 Å². The van der Waals surface area contributed by atoms with Crippen molar-refractivity contribution in [3.8, 4) is 0 Å². The van der Waals surface area contributed by atoms with Crippen LogP contribution in [0.1, 0.15) is 15.2 Å². The minimum atomic E-state index is -4.42. The monoisotopic (exact) mass is 239 g/mol. The number of carbonyl (C=O) groups excluding carboxylic acids is 1. The summed E-state index contributed by atoms with van der Waals surface area (Å²) in [5, 5.41) is 1.77. The van der Waals surface area contributed by atoms with Gasteiger partial charge in [0.2, 0.25) is 0 Å². The summed E-state index contributed by atoms with van der Waals surface area (Å²) in [7, 11) is 2.59. The highest BCUT2D eigenvalue weighted by molar-refractivity contribution is 7.12. The van der Waals surface area contributed by atoms with Gasteiger partial charge in [0.15, 0.2) is 0 Å². The van der Waals surface area contributed by atoms with Crippen LogP contribution in [0.15, 0.2) is 11.4 Å². The van der Waals surface area contributed by atoms with E-state index in [2.05, 4.69) is 4.84 Å². The van der Waals surface area contributed by atoms with E-state index in [0.717, 1.165) is 27.8 Å². The van der Waals surface area contributed by atoms with Crippen LogP contribution in [0.4, 0.5) is 13.2 Å². The van der Waals surface area contributed by atoms with Gasteiger partial charge in [0, 0.05) is 12.4 Å². The van der Waals surface area contributed by atoms with Gasteiger partial charge >= 0.3 is 6.18 Å². The molecule has 0 radical (unpaired) electrons. The summed E-state index contributed by atoms with van der Waals surface area (Å²) in [4.78, 5) is 15.9. The van der Waals surface area contributed by atoms with E-state index in [-0.39, 0.29) is 4.88 Å². The Morgan fingerprint density at radius 2 is 2.13 bits per heavy atom. The first-order valence-electron chi connectivity index (χ1n) is 3.84. The summed E-state index contributed by atoms with van der Waals surface area (Å²) < 4.78 is 36.6. The molecule has 0 aliphatic heterocycles. The van der Waals surface area contributed by atoms with Crippen molar-refractivity contribution >= 4 is 17.2 Å². The number of alkyl halides is 3. The lowest BCUT2D eigenvalue weighted by atomic mass is 10.3. The molecule has 0 saturated carbocycles. The van der Waals surface area contributed by atoms with Crippen LogP contribution in [0, 0.1) is 0 Å². The Morgan fingerprint density at radius 3 is 2.53 bits per heavy atom. The van der Waals surface area contributed by atoms with Gasteiger partial charge in [-0.05, 0) is 6.07 Å². The molecular weight excluding hydrogens is 231 g/mol. The number of hydrogen-bond acceptors (Lipinski definition) is 3. The second-order valence-corrected chi connectivity index (χ2v) is 3.59. The SMILES string of the molecule is CON(C)C(=O)c1cc(C(F)(F)F)cs1. The smallest absolute Gasteiger partial charge is 0.274 e. The maximum absolute atomic E-state index is 12.2. The fraction of sp³-hybridized carbons (Fsp3) is 0.375. The Morgan fingerprint density at radius 1 is 1.53 bits per heavy atom. The van der Waals surface area contributed by atoms with Gasteiger partial charge in [-0.15, -0.1) is 11.3 Å². The second-order valence-electron chi connectivity index (χ2n) is 2.68. The molecule has 0 unspecified atom stereocenters. The molecule has 0 aromatic carbocycles. The number of amides is 1. The first-order valence-corrected chi connectivity index (χ1v) is 4.72. The van der Waals surface area contributed by atoms with Crippen LogP contribution in [0.2, 0.25) is 0 Å². The predicted octanol–water partition coefficient (Wildman–Crippen LogP) is 2.40. The zero-order chi connectivity index (χ0) is 11.6. The van der Waals surface area contributed by atoms with Crippen molar-refractivity contribution < 1.29 is 22.8 Å². The van der Waals surface area contributed by atoms with Gasteiger partial charge in [0.1, 0.15) is 0 Å². The molecule has 3 nitrogen and oxygen atoms in total. The quantitative estimate of drug-likeness (QED) is 0.742. The molecule has 1 aromatic rings. The lowest BCUT2D eigenvalue weighted by Crippen LogP contribution is -2.24. The van der Waals surface area contributed by atoms with Crippen molar-refractivity contribution in [3.05, 3.63) is 21.9 Å². The Kier molecular flexibility index (Phi) is 3.35. The van der Waals surface area contributed by atoms with Gasteiger partial charge in [0.25, 0.3) is 5.91 Å². The van der Waals surface area contributed by atoms with Crippen molar-refractivity contribution in [2.75, 3.05) is 14.2 Å². The molecule has 0 aliphatic rings. The van der Waals surface area contributed by atoms with Gasteiger partial charge in [-0.2, -0.15) is 13.2 Å². The lowest BCUT2D eigenvalue weighted by Gasteiger charge is -2.11. The minimum Gasteiger partial charge on any atom is -0.274 e. The van der Waals surface area contributed by atoms with E-state index >= 15 is 0 Å². The minimum absolute atomic E-state index is 0.00771. The Labute approximate surface area is 88.0 Å². The summed E-state index contributed by atoms with van der Waals surface area (Å²) >= 11 is 0.737. The fourth-order valence-corrected chi connectivity index (χ4v) is 1.72. The molecule has 0 atom stereocenters. The number of carbonyl (C=O) groups is 1. The summed E-state index contributed by atoms with van der Waals surface area (Å²) in [6.45, 7) is 0. The van der Waals surface area contributed by atoms with Crippen LogP contribution in [0.3, 0.4) is 0 Å². The van der Waals surface area contributed by atoms with Crippen LogP contribution >= 0.6 is 11.3 Å². The van der Waals surface area contributed by atoms with E-state index in [1.807, 2.05) is 0 Å². The van der Waals surface area contributed by atoms with Crippen molar-refractivity contribution in [3.63, 3.8) is 0 Å².